The van der Waals surface area contributed by atoms with Crippen molar-refractivity contribution in [3.63, 3.8) is 0 Å². The van der Waals surface area contributed by atoms with Gasteiger partial charge in [-0.05, 0) is 104 Å². The van der Waals surface area contributed by atoms with E-state index in [0.29, 0.717) is 35.6 Å². The van der Waals surface area contributed by atoms with Crippen molar-refractivity contribution in [2.75, 3.05) is 19.4 Å². The van der Waals surface area contributed by atoms with Crippen LogP contribution in [0, 0.1) is 6.92 Å². The number of ketones is 1. The van der Waals surface area contributed by atoms with E-state index in [4.69, 9.17) is 10.2 Å². The maximum Gasteiger partial charge on any atom is 0.291 e. The zero-order valence-corrected chi connectivity index (χ0v) is 26.2. The van der Waals surface area contributed by atoms with Crippen LogP contribution in [0.3, 0.4) is 0 Å². The summed E-state index contributed by atoms with van der Waals surface area (Å²) in [4.78, 5) is 40.3. The number of carbonyl (C=O) groups excluding carboxylic acids is 3. The SMILES string of the molecule is Cc1ccccc1C1CCC(=Cc2ccc(C(=O)C(N)CCc3cccc(C(=O)N(C)C)c3)cc2NC(=O)c2ccco2)CC1. The van der Waals surface area contributed by atoms with Crippen molar-refractivity contribution in [3.05, 3.63) is 130 Å². The number of hydrogen-bond donors (Lipinski definition) is 2. The molecule has 0 spiro atoms. The number of anilines is 1. The van der Waals surface area contributed by atoms with E-state index in [2.05, 4.69) is 42.6 Å². The lowest BCUT2D eigenvalue weighted by atomic mass is 9.79. The third-order valence-electron chi connectivity index (χ3n) is 8.61. The lowest BCUT2D eigenvalue weighted by Gasteiger charge is -2.26. The minimum atomic E-state index is -0.743. The van der Waals surface area contributed by atoms with Crippen molar-refractivity contribution in [2.45, 2.75) is 57.4 Å². The van der Waals surface area contributed by atoms with Crippen molar-refractivity contribution < 1.29 is 18.8 Å². The number of Topliss-reactive ketones (excluding diaryl/α,β-unsaturated/α-hetero) is 1. The number of hydrogen-bond acceptors (Lipinski definition) is 5. The zero-order valence-electron chi connectivity index (χ0n) is 26.2. The zero-order chi connectivity index (χ0) is 31.9. The third kappa shape index (κ3) is 7.86. The lowest BCUT2D eigenvalue weighted by molar-refractivity contribution is 0.0826. The molecule has 45 heavy (non-hydrogen) atoms. The second kappa shape index (κ2) is 14.4. The van der Waals surface area contributed by atoms with Gasteiger partial charge in [0.2, 0.25) is 0 Å². The molecule has 0 aliphatic heterocycles. The molecule has 3 aromatic carbocycles. The van der Waals surface area contributed by atoms with Crippen molar-refractivity contribution in [2.24, 2.45) is 5.73 Å². The molecule has 0 radical (unpaired) electrons. The van der Waals surface area contributed by atoms with Gasteiger partial charge in [-0.1, -0.05) is 60.2 Å². The van der Waals surface area contributed by atoms with E-state index in [9.17, 15) is 14.4 Å². The predicted molar refractivity (Wildman–Crippen MR) is 179 cm³/mol. The van der Waals surface area contributed by atoms with Crippen LogP contribution in [0.2, 0.25) is 0 Å². The quantitative estimate of drug-likeness (QED) is 0.184. The summed E-state index contributed by atoms with van der Waals surface area (Å²) in [6.45, 7) is 2.18. The third-order valence-corrected chi connectivity index (χ3v) is 8.61. The Morgan fingerprint density at radius 2 is 1.73 bits per heavy atom. The van der Waals surface area contributed by atoms with Gasteiger partial charge in [-0.3, -0.25) is 14.4 Å². The molecule has 1 aliphatic rings. The van der Waals surface area contributed by atoms with Gasteiger partial charge < -0.3 is 20.4 Å². The normalized spacial score (nSPS) is 15.3. The van der Waals surface area contributed by atoms with Gasteiger partial charge in [0, 0.05) is 30.9 Å². The molecule has 1 heterocycles. The first-order valence-corrected chi connectivity index (χ1v) is 15.5. The molecule has 1 atom stereocenters. The average Bonchev–Trinajstić information content (AvgIpc) is 3.60. The highest BCUT2D eigenvalue weighted by atomic mass is 16.3. The van der Waals surface area contributed by atoms with Crippen LogP contribution < -0.4 is 11.1 Å². The number of rotatable bonds is 10. The number of carbonyl (C=O) groups is 3. The minimum Gasteiger partial charge on any atom is -0.459 e. The smallest absolute Gasteiger partial charge is 0.291 e. The molecular weight excluding hydrogens is 562 g/mol. The van der Waals surface area contributed by atoms with Crippen LogP contribution >= 0.6 is 0 Å². The summed E-state index contributed by atoms with van der Waals surface area (Å²) in [5.74, 6) is 0.0660. The van der Waals surface area contributed by atoms with Crippen molar-refractivity contribution in [1.82, 2.24) is 4.90 Å². The molecule has 1 fully saturated rings. The van der Waals surface area contributed by atoms with Crippen molar-refractivity contribution in [1.29, 1.82) is 0 Å². The Balaban J connectivity index is 1.32. The van der Waals surface area contributed by atoms with E-state index in [1.54, 1.807) is 44.4 Å². The van der Waals surface area contributed by atoms with Crippen LogP contribution in [0.4, 0.5) is 5.69 Å². The molecular formula is C38H41N3O4. The van der Waals surface area contributed by atoms with Gasteiger partial charge in [0.25, 0.3) is 11.8 Å². The van der Waals surface area contributed by atoms with Crippen LogP contribution in [0.25, 0.3) is 6.08 Å². The standard InChI is InChI=1S/C38H41N3O4/c1-25-8-4-5-11-32(25)28-16-13-27(14-17-28)22-29-18-19-30(24-34(29)40-37(43)35-12-7-21-45-35)36(42)33(39)20-15-26-9-6-10-31(23-26)38(44)41(2)3/h4-12,18-19,21-24,28,33H,13-17,20,39H2,1-3H3,(H,40,43). The number of allylic oxidation sites excluding steroid dienone is 1. The maximum atomic E-state index is 13.5. The van der Waals surface area contributed by atoms with Crippen LogP contribution in [-0.2, 0) is 6.42 Å². The highest BCUT2D eigenvalue weighted by Gasteiger charge is 2.22. The fourth-order valence-electron chi connectivity index (χ4n) is 6.03. The molecule has 1 unspecified atom stereocenters. The predicted octanol–water partition coefficient (Wildman–Crippen LogP) is 7.43. The Kier molecular flexibility index (Phi) is 10.1. The topological polar surface area (TPSA) is 106 Å². The second-order valence-electron chi connectivity index (χ2n) is 12.1. The number of aryl methyl sites for hydroxylation is 2. The first-order valence-electron chi connectivity index (χ1n) is 15.5. The number of nitrogens with two attached hydrogens (primary N) is 1. The van der Waals surface area contributed by atoms with Crippen LogP contribution in [-0.4, -0.2) is 42.6 Å². The van der Waals surface area contributed by atoms with Gasteiger partial charge in [0.1, 0.15) is 0 Å². The molecule has 0 bridgehead atoms. The number of amides is 2. The Labute approximate surface area is 265 Å². The van der Waals surface area contributed by atoms with Crippen LogP contribution in [0.1, 0.15) is 91.5 Å². The van der Waals surface area contributed by atoms with E-state index in [1.165, 1.54) is 27.9 Å². The average molecular weight is 604 g/mol. The van der Waals surface area contributed by atoms with E-state index in [-0.39, 0.29) is 23.4 Å². The summed E-state index contributed by atoms with van der Waals surface area (Å²) in [7, 11) is 3.43. The number of benzene rings is 3. The molecule has 5 rings (SSSR count). The first kappa shape index (κ1) is 31.7. The van der Waals surface area contributed by atoms with E-state index in [1.807, 2.05) is 24.3 Å². The molecule has 0 saturated heterocycles. The second-order valence-corrected chi connectivity index (χ2v) is 12.1. The van der Waals surface area contributed by atoms with Gasteiger partial charge in [-0.2, -0.15) is 0 Å². The van der Waals surface area contributed by atoms with Gasteiger partial charge in [-0.25, -0.2) is 0 Å². The lowest BCUT2D eigenvalue weighted by Crippen LogP contribution is -2.31. The van der Waals surface area contributed by atoms with E-state index in [0.717, 1.165) is 36.8 Å². The van der Waals surface area contributed by atoms with Crippen LogP contribution in [0.5, 0.6) is 0 Å². The molecule has 232 valence electrons. The van der Waals surface area contributed by atoms with Crippen LogP contribution in [0.15, 0.2) is 95.1 Å². The Morgan fingerprint density at radius 1 is 0.956 bits per heavy atom. The van der Waals surface area contributed by atoms with Gasteiger partial charge in [0.15, 0.2) is 11.5 Å². The maximum absolute atomic E-state index is 13.5. The summed E-state index contributed by atoms with van der Waals surface area (Å²) in [5.41, 5.74) is 13.8. The fourth-order valence-corrected chi connectivity index (χ4v) is 6.03. The number of furan rings is 1. The molecule has 7 heteroatoms. The summed E-state index contributed by atoms with van der Waals surface area (Å²) in [6.07, 6.45) is 8.65. The van der Waals surface area contributed by atoms with Crippen molar-refractivity contribution in [3.8, 4) is 0 Å². The Morgan fingerprint density at radius 3 is 2.44 bits per heavy atom. The van der Waals surface area contributed by atoms with Gasteiger partial charge >= 0.3 is 0 Å². The molecule has 4 aromatic rings. The van der Waals surface area contributed by atoms with E-state index < -0.39 is 6.04 Å². The van der Waals surface area contributed by atoms with Gasteiger partial charge in [0.05, 0.1) is 12.3 Å². The summed E-state index contributed by atoms with van der Waals surface area (Å²) in [5, 5.41) is 2.96. The summed E-state index contributed by atoms with van der Waals surface area (Å²) < 4.78 is 5.31. The Bertz CT molecular complexity index is 1690. The molecule has 3 N–H and O–H groups in total. The first-order chi connectivity index (χ1) is 21.7. The van der Waals surface area contributed by atoms with E-state index >= 15 is 0 Å². The molecule has 1 saturated carbocycles. The molecule has 1 aliphatic carbocycles. The summed E-state index contributed by atoms with van der Waals surface area (Å²) >= 11 is 0. The van der Waals surface area contributed by atoms with Crippen molar-refractivity contribution >= 4 is 29.4 Å². The number of nitrogens with one attached hydrogen (secondary N) is 1. The highest BCUT2D eigenvalue weighted by molar-refractivity contribution is 6.06. The fraction of sp³-hybridized carbons (Fsp3) is 0.289. The summed E-state index contributed by atoms with van der Waals surface area (Å²) in [6, 6.07) is 23.9. The monoisotopic (exact) mass is 603 g/mol. The highest BCUT2D eigenvalue weighted by Crippen LogP contribution is 2.38. The molecule has 7 nitrogen and oxygen atoms in total. The minimum absolute atomic E-state index is 0.0734. The Hall–Kier alpha value is -4.75. The number of nitrogens with zero attached hydrogens (tertiary/aromatic N) is 1. The molecule has 2 amide bonds. The van der Waals surface area contributed by atoms with Gasteiger partial charge in [-0.15, -0.1) is 0 Å². The largest absolute Gasteiger partial charge is 0.459 e. The molecule has 1 aromatic heterocycles.